The van der Waals surface area contributed by atoms with E-state index in [-0.39, 0.29) is 36.9 Å². The van der Waals surface area contributed by atoms with Crippen LogP contribution in [0.4, 0.5) is 0 Å². The molecule has 1 amide bonds. The van der Waals surface area contributed by atoms with Crippen LogP contribution in [0.25, 0.3) is 0 Å². The van der Waals surface area contributed by atoms with Crippen LogP contribution in [0.3, 0.4) is 0 Å². The van der Waals surface area contributed by atoms with Crippen molar-refractivity contribution in [3.05, 3.63) is 34.9 Å². The van der Waals surface area contributed by atoms with Crippen molar-refractivity contribution >= 4 is 24.1 Å². The van der Waals surface area contributed by atoms with E-state index in [1.807, 2.05) is 26.0 Å². The van der Waals surface area contributed by atoms with Gasteiger partial charge in [0.05, 0.1) is 0 Å². The van der Waals surface area contributed by atoms with Crippen molar-refractivity contribution < 1.29 is 9.59 Å². The number of halogens is 1. The number of fused-ring (bicyclic) bond motifs is 1. The quantitative estimate of drug-likeness (QED) is 0.783. The predicted molar refractivity (Wildman–Crippen MR) is 95.2 cm³/mol. The van der Waals surface area contributed by atoms with Crippen LogP contribution in [0.15, 0.2) is 18.2 Å². The average Bonchev–Trinajstić information content (AvgIpc) is 2.49. The number of hydrogen-bond acceptors (Lipinski definition) is 3. The summed E-state index contributed by atoms with van der Waals surface area (Å²) in [7, 11) is 0. The van der Waals surface area contributed by atoms with E-state index in [1.165, 1.54) is 24.0 Å². The fourth-order valence-electron chi connectivity index (χ4n) is 2.69. The zero-order valence-electron chi connectivity index (χ0n) is 14.0. The lowest BCUT2D eigenvalue weighted by atomic mass is 9.89. The molecule has 0 bridgehead atoms. The van der Waals surface area contributed by atoms with Crippen molar-refractivity contribution in [1.82, 2.24) is 5.32 Å². The fraction of sp³-hybridized carbons (Fsp3) is 0.556. The first-order valence-corrected chi connectivity index (χ1v) is 8.06. The molecule has 0 heterocycles. The Morgan fingerprint density at radius 3 is 2.43 bits per heavy atom. The van der Waals surface area contributed by atoms with Crippen molar-refractivity contribution in [1.29, 1.82) is 0 Å². The highest BCUT2D eigenvalue weighted by atomic mass is 35.5. The highest BCUT2D eigenvalue weighted by Crippen LogP contribution is 2.22. The third kappa shape index (κ3) is 6.32. The van der Waals surface area contributed by atoms with Gasteiger partial charge in [-0.15, -0.1) is 12.4 Å². The Morgan fingerprint density at radius 2 is 1.78 bits per heavy atom. The van der Waals surface area contributed by atoms with E-state index >= 15 is 0 Å². The second kappa shape index (κ2) is 8.46. The molecule has 4 nitrogen and oxygen atoms in total. The molecule has 1 aliphatic rings. The first-order valence-electron chi connectivity index (χ1n) is 8.06. The predicted octanol–water partition coefficient (Wildman–Crippen LogP) is 2.80. The molecule has 0 fully saturated rings. The molecule has 5 heteroatoms. The lowest BCUT2D eigenvalue weighted by molar-refractivity contribution is -0.121. The van der Waals surface area contributed by atoms with Crippen molar-refractivity contribution in [3.63, 3.8) is 0 Å². The van der Waals surface area contributed by atoms with Gasteiger partial charge in [0.15, 0.2) is 5.78 Å². The molecule has 1 aromatic rings. The summed E-state index contributed by atoms with van der Waals surface area (Å²) >= 11 is 0. The Kier molecular flexibility index (Phi) is 7.23. The molecule has 0 aliphatic heterocycles. The van der Waals surface area contributed by atoms with Crippen LogP contribution >= 0.6 is 12.4 Å². The van der Waals surface area contributed by atoms with E-state index in [0.717, 1.165) is 18.4 Å². The van der Waals surface area contributed by atoms with E-state index in [4.69, 9.17) is 5.73 Å². The molecule has 0 saturated heterocycles. The number of amides is 1. The summed E-state index contributed by atoms with van der Waals surface area (Å²) in [5.41, 5.74) is 8.77. The Hall–Kier alpha value is -1.39. The van der Waals surface area contributed by atoms with Crippen LogP contribution in [0.2, 0.25) is 0 Å². The Balaban J connectivity index is 0.00000264. The molecule has 2 rings (SSSR count). The molecule has 1 aliphatic carbocycles. The number of carbonyl (C=O) groups is 2. The molecular weight excluding hydrogens is 312 g/mol. The molecule has 0 radical (unpaired) electrons. The number of benzene rings is 1. The molecule has 0 saturated carbocycles. The van der Waals surface area contributed by atoms with E-state index < -0.39 is 5.54 Å². The van der Waals surface area contributed by atoms with Crippen LogP contribution in [0, 0.1) is 0 Å². The number of nitrogens with two attached hydrogens (primary N) is 1. The first-order chi connectivity index (χ1) is 10.3. The number of carbonyl (C=O) groups excluding carboxylic acids is 2. The summed E-state index contributed by atoms with van der Waals surface area (Å²) in [6, 6.07) is 5.98. The lowest BCUT2D eigenvalue weighted by Crippen LogP contribution is -2.45. The number of rotatable bonds is 6. The summed E-state index contributed by atoms with van der Waals surface area (Å²) in [4.78, 5) is 24.0. The number of nitrogens with one attached hydrogen (secondary N) is 1. The molecule has 0 aromatic heterocycles. The number of ketones is 1. The topological polar surface area (TPSA) is 72.2 Å². The standard InChI is InChI=1S/C18H26N2O2.ClH/c1-18(2,19)12-20-17(22)10-9-16(21)15-8-7-13-5-3-4-6-14(13)11-15;/h7-8,11H,3-6,9-10,12,19H2,1-2H3,(H,20,22);1H. The van der Waals surface area contributed by atoms with Crippen LogP contribution in [-0.2, 0) is 17.6 Å². The van der Waals surface area contributed by atoms with E-state index in [0.29, 0.717) is 6.54 Å². The van der Waals surface area contributed by atoms with E-state index in [9.17, 15) is 9.59 Å². The number of aryl methyl sites for hydroxylation is 2. The van der Waals surface area contributed by atoms with Crippen LogP contribution in [-0.4, -0.2) is 23.8 Å². The minimum absolute atomic E-state index is 0. The molecule has 0 unspecified atom stereocenters. The van der Waals surface area contributed by atoms with Gasteiger partial charge in [-0.2, -0.15) is 0 Å². The van der Waals surface area contributed by atoms with Crippen molar-refractivity contribution in [2.45, 2.75) is 57.9 Å². The zero-order valence-corrected chi connectivity index (χ0v) is 14.8. The molecule has 3 N–H and O–H groups in total. The maximum atomic E-state index is 12.2. The summed E-state index contributed by atoms with van der Waals surface area (Å²) in [5, 5.41) is 2.76. The SMILES string of the molecule is CC(C)(N)CNC(=O)CCC(=O)c1ccc2c(c1)CCCC2.Cl. The summed E-state index contributed by atoms with van der Waals surface area (Å²) in [6.07, 6.45) is 5.06. The van der Waals surface area contributed by atoms with Gasteiger partial charge in [0.1, 0.15) is 0 Å². The summed E-state index contributed by atoms with van der Waals surface area (Å²) in [6.45, 7) is 4.12. The van der Waals surface area contributed by atoms with Crippen LogP contribution in [0.1, 0.15) is 61.0 Å². The van der Waals surface area contributed by atoms with Crippen molar-refractivity contribution in [2.75, 3.05) is 6.54 Å². The lowest BCUT2D eigenvalue weighted by Gasteiger charge is -2.18. The molecule has 1 aromatic carbocycles. The Labute approximate surface area is 144 Å². The van der Waals surface area contributed by atoms with Crippen molar-refractivity contribution in [3.8, 4) is 0 Å². The van der Waals surface area contributed by atoms with Gasteiger partial charge in [0, 0.05) is 30.5 Å². The van der Waals surface area contributed by atoms with Gasteiger partial charge in [-0.3, -0.25) is 9.59 Å². The van der Waals surface area contributed by atoms with Crippen molar-refractivity contribution in [2.24, 2.45) is 5.73 Å². The normalized spacial score (nSPS) is 13.7. The van der Waals surface area contributed by atoms with E-state index in [2.05, 4.69) is 11.4 Å². The Bertz CT molecular complexity index is 565. The van der Waals surface area contributed by atoms with Crippen LogP contribution < -0.4 is 11.1 Å². The third-order valence-electron chi connectivity index (χ3n) is 3.99. The van der Waals surface area contributed by atoms with Gasteiger partial charge in [0.2, 0.25) is 5.91 Å². The Morgan fingerprint density at radius 1 is 1.13 bits per heavy atom. The minimum Gasteiger partial charge on any atom is -0.354 e. The molecule has 23 heavy (non-hydrogen) atoms. The second-order valence-corrected chi connectivity index (χ2v) is 6.88. The number of Topliss-reactive ketones (excluding diaryl/α,β-unsaturated/α-hetero) is 1. The first kappa shape index (κ1) is 19.7. The van der Waals surface area contributed by atoms with Gasteiger partial charge < -0.3 is 11.1 Å². The van der Waals surface area contributed by atoms with Gasteiger partial charge in [-0.05, 0) is 56.7 Å². The maximum Gasteiger partial charge on any atom is 0.220 e. The number of hydrogen-bond donors (Lipinski definition) is 2. The minimum atomic E-state index is -0.432. The summed E-state index contributed by atoms with van der Waals surface area (Å²) in [5.74, 6) is -0.0830. The second-order valence-electron chi connectivity index (χ2n) is 6.88. The molecule has 0 atom stereocenters. The monoisotopic (exact) mass is 338 g/mol. The van der Waals surface area contributed by atoms with Gasteiger partial charge in [-0.1, -0.05) is 12.1 Å². The largest absolute Gasteiger partial charge is 0.354 e. The molecular formula is C18H27ClN2O2. The van der Waals surface area contributed by atoms with Crippen LogP contribution in [0.5, 0.6) is 0 Å². The maximum absolute atomic E-state index is 12.2. The zero-order chi connectivity index (χ0) is 16.2. The smallest absolute Gasteiger partial charge is 0.220 e. The van der Waals surface area contributed by atoms with Gasteiger partial charge in [0.25, 0.3) is 0 Å². The fourth-order valence-corrected chi connectivity index (χ4v) is 2.69. The van der Waals surface area contributed by atoms with Gasteiger partial charge >= 0.3 is 0 Å². The highest BCUT2D eigenvalue weighted by Gasteiger charge is 2.15. The summed E-state index contributed by atoms with van der Waals surface area (Å²) < 4.78 is 0. The highest BCUT2D eigenvalue weighted by molar-refractivity contribution is 5.98. The average molecular weight is 339 g/mol. The molecule has 0 spiro atoms. The molecule has 128 valence electrons. The van der Waals surface area contributed by atoms with Gasteiger partial charge in [-0.25, -0.2) is 0 Å². The third-order valence-corrected chi connectivity index (χ3v) is 3.99. The van der Waals surface area contributed by atoms with E-state index in [1.54, 1.807) is 0 Å².